The summed E-state index contributed by atoms with van der Waals surface area (Å²) in [6.07, 6.45) is 2.38. The van der Waals surface area contributed by atoms with Gasteiger partial charge in [0.1, 0.15) is 35.1 Å². The molecule has 5 rings (SSSR count). The Morgan fingerprint density at radius 2 is 1.79 bits per heavy atom. The van der Waals surface area contributed by atoms with Crippen molar-refractivity contribution in [3.05, 3.63) is 42.1 Å². The Morgan fingerprint density at radius 1 is 1.12 bits per heavy atom. The Bertz CT molecular complexity index is 1890. The summed E-state index contributed by atoms with van der Waals surface area (Å²) >= 11 is 6.35. The average molecular weight is 762 g/mol. The minimum absolute atomic E-state index is 0.101. The minimum Gasteiger partial charge on any atom is -0.494 e. The Morgan fingerprint density at radius 3 is 2.35 bits per heavy atom. The molecule has 2 aromatic rings. The van der Waals surface area contributed by atoms with Gasteiger partial charge in [-0.3, -0.25) is 19.1 Å². The van der Waals surface area contributed by atoms with E-state index in [0.717, 1.165) is 0 Å². The number of alkyl carbamates (subject to hydrolysis) is 1. The Hall–Kier alpha value is -4.11. The van der Waals surface area contributed by atoms with Crippen molar-refractivity contribution in [1.29, 1.82) is 0 Å². The van der Waals surface area contributed by atoms with Crippen molar-refractivity contribution >= 4 is 56.2 Å². The lowest BCUT2D eigenvalue weighted by atomic mass is 9.85. The SMILES string of the molecule is C=C[C@@H]1C[C@]1(NC(=O)[C@@H]1[C@H](C)[C@@H](Oc2ncc(OC)c3ccc(Cl)cc23)CN1C(=O)[C@H](NC(=O)OC(C)(C)C)C(C)(C)C)C(=O)NS(=O)(=O)C1CC1. The average Bonchev–Trinajstić information content (AvgIpc) is 3.96. The summed E-state index contributed by atoms with van der Waals surface area (Å²) in [4.78, 5) is 61.3. The molecule has 6 atom stereocenters. The van der Waals surface area contributed by atoms with Crippen LogP contribution in [0.2, 0.25) is 5.02 Å². The fraction of sp³-hybridized carbons (Fsp3) is 0.583. The normalized spacial score (nSPS) is 25.1. The van der Waals surface area contributed by atoms with Gasteiger partial charge in [0.2, 0.25) is 27.7 Å². The molecule has 2 heterocycles. The number of sulfonamides is 1. The molecule has 0 spiro atoms. The third kappa shape index (κ3) is 8.09. The molecule has 2 aliphatic carbocycles. The molecule has 3 fully saturated rings. The molecule has 2 saturated carbocycles. The van der Waals surface area contributed by atoms with Crippen molar-refractivity contribution < 1.29 is 41.8 Å². The van der Waals surface area contributed by atoms with Crippen LogP contribution in [0.1, 0.15) is 67.7 Å². The standard InChI is InChI=1S/C36H48ClN5O9S/c1-10-20-16-36(20,32(45)41-52(47,48)22-12-13-22)40-29(43)27-19(2)26(50-30-24-15-21(37)11-14-23(24)25(49-9)17-38-30)18-42(27)31(44)28(34(3,4)5)39-33(46)51-35(6,7)8/h10-11,14-15,17,19-20,22,26-28H,1,12-13,16,18H2,2-9H3,(H,39,46)(H,40,43)(H,41,45)/t19-,20-,26+,27+,28+,36-/m1/s1. The summed E-state index contributed by atoms with van der Waals surface area (Å²) in [6, 6.07) is 2.78. The smallest absolute Gasteiger partial charge is 0.408 e. The van der Waals surface area contributed by atoms with E-state index < -0.39 is 85.7 Å². The Kier molecular flexibility index (Phi) is 10.6. The number of carbonyl (C=O) groups excluding carboxylic acids is 4. The number of carbonyl (C=O) groups is 4. The lowest BCUT2D eigenvalue weighted by molar-refractivity contribution is -0.143. The predicted octanol–water partition coefficient (Wildman–Crippen LogP) is 4.10. The van der Waals surface area contributed by atoms with Gasteiger partial charge in [0, 0.05) is 27.6 Å². The maximum absolute atomic E-state index is 14.6. The molecule has 1 aromatic carbocycles. The van der Waals surface area contributed by atoms with E-state index in [1.807, 2.05) is 0 Å². The number of halogens is 1. The van der Waals surface area contributed by atoms with Crippen molar-refractivity contribution in [2.75, 3.05) is 13.7 Å². The molecule has 52 heavy (non-hydrogen) atoms. The number of aromatic nitrogens is 1. The molecule has 0 radical (unpaired) electrons. The molecular formula is C36H48ClN5O9S. The second-order valence-corrected chi connectivity index (χ2v) is 18.3. The van der Waals surface area contributed by atoms with Crippen LogP contribution >= 0.6 is 11.6 Å². The number of likely N-dealkylation sites (tertiary alicyclic amines) is 1. The van der Waals surface area contributed by atoms with Crippen molar-refractivity contribution in [3.8, 4) is 11.6 Å². The third-order valence-corrected chi connectivity index (χ3v) is 11.7. The first-order valence-corrected chi connectivity index (χ1v) is 19.1. The lowest BCUT2D eigenvalue weighted by Gasteiger charge is -2.36. The fourth-order valence-corrected chi connectivity index (χ4v) is 8.06. The van der Waals surface area contributed by atoms with E-state index in [9.17, 15) is 27.6 Å². The highest BCUT2D eigenvalue weighted by Gasteiger charge is 2.62. The fourth-order valence-electron chi connectivity index (χ4n) is 6.53. The van der Waals surface area contributed by atoms with E-state index in [2.05, 4.69) is 26.9 Å². The molecular weight excluding hydrogens is 714 g/mol. The molecule has 3 N–H and O–H groups in total. The molecule has 3 aliphatic rings. The third-order valence-electron chi connectivity index (χ3n) is 9.63. The number of benzene rings is 1. The number of hydrogen-bond donors (Lipinski definition) is 3. The van der Waals surface area contributed by atoms with Crippen LogP contribution in [-0.2, 0) is 29.1 Å². The summed E-state index contributed by atoms with van der Waals surface area (Å²) in [6.45, 7) is 15.8. The van der Waals surface area contributed by atoms with Crippen LogP contribution in [0.15, 0.2) is 37.1 Å². The van der Waals surface area contributed by atoms with Crippen LogP contribution in [0.5, 0.6) is 11.6 Å². The number of rotatable bonds is 11. The van der Waals surface area contributed by atoms with Gasteiger partial charge >= 0.3 is 6.09 Å². The maximum atomic E-state index is 14.6. The van der Waals surface area contributed by atoms with Crippen molar-refractivity contribution in [2.24, 2.45) is 17.3 Å². The van der Waals surface area contributed by atoms with E-state index in [-0.39, 0.29) is 18.8 Å². The molecule has 0 unspecified atom stereocenters. The first-order valence-electron chi connectivity index (χ1n) is 17.2. The highest BCUT2D eigenvalue weighted by Crippen LogP contribution is 2.46. The van der Waals surface area contributed by atoms with E-state index in [0.29, 0.717) is 34.4 Å². The molecule has 1 saturated heterocycles. The second-order valence-electron chi connectivity index (χ2n) is 15.9. The van der Waals surface area contributed by atoms with Crippen LogP contribution in [-0.4, -0.2) is 90.3 Å². The number of ether oxygens (including phenoxy) is 3. The number of nitrogens with zero attached hydrogens (tertiary/aromatic N) is 2. The van der Waals surface area contributed by atoms with Crippen LogP contribution in [0.4, 0.5) is 4.79 Å². The number of fused-ring (bicyclic) bond motifs is 1. The van der Waals surface area contributed by atoms with E-state index in [1.54, 1.807) is 66.7 Å². The Labute approximate surface area is 309 Å². The zero-order valence-electron chi connectivity index (χ0n) is 30.7. The van der Waals surface area contributed by atoms with Crippen molar-refractivity contribution in [2.45, 2.75) is 102 Å². The Balaban J connectivity index is 1.50. The quantitative estimate of drug-likeness (QED) is 0.282. The first kappa shape index (κ1) is 39.1. The topological polar surface area (TPSA) is 182 Å². The zero-order valence-corrected chi connectivity index (χ0v) is 32.3. The van der Waals surface area contributed by atoms with Crippen molar-refractivity contribution in [1.82, 2.24) is 25.2 Å². The maximum Gasteiger partial charge on any atom is 0.408 e. The van der Waals surface area contributed by atoms with Gasteiger partial charge in [0.25, 0.3) is 5.91 Å². The van der Waals surface area contributed by atoms with Gasteiger partial charge in [-0.05, 0) is 63.6 Å². The predicted molar refractivity (Wildman–Crippen MR) is 194 cm³/mol. The largest absolute Gasteiger partial charge is 0.494 e. The molecule has 1 aliphatic heterocycles. The van der Waals surface area contributed by atoms with Crippen LogP contribution < -0.4 is 24.8 Å². The van der Waals surface area contributed by atoms with Crippen LogP contribution in [0, 0.1) is 17.3 Å². The first-order chi connectivity index (χ1) is 24.1. The summed E-state index contributed by atoms with van der Waals surface area (Å²) in [5.41, 5.74) is -3.27. The summed E-state index contributed by atoms with van der Waals surface area (Å²) in [5, 5.41) is 6.49. The second kappa shape index (κ2) is 14.0. The molecule has 284 valence electrons. The summed E-state index contributed by atoms with van der Waals surface area (Å²) in [5.74, 6) is -2.71. The molecule has 0 bridgehead atoms. The highest BCUT2D eigenvalue weighted by molar-refractivity contribution is 7.91. The molecule has 14 nitrogen and oxygen atoms in total. The summed E-state index contributed by atoms with van der Waals surface area (Å²) in [7, 11) is -2.41. The van der Waals surface area contributed by atoms with Gasteiger partial charge < -0.3 is 29.7 Å². The van der Waals surface area contributed by atoms with Gasteiger partial charge in [-0.25, -0.2) is 18.2 Å². The number of hydrogen-bond acceptors (Lipinski definition) is 10. The van der Waals surface area contributed by atoms with Crippen LogP contribution in [0.3, 0.4) is 0 Å². The van der Waals surface area contributed by atoms with E-state index >= 15 is 0 Å². The van der Waals surface area contributed by atoms with Gasteiger partial charge in [0.05, 0.1) is 25.1 Å². The number of nitrogens with one attached hydrogen (secondary N) is 3. The number of pyridine rings is 1. The van der Waals surface area contributed by atoms with Gasteiger partial charge in [-0.2, -0.15) is 0 Å². The minimum atomic E-state index is -3.92. The van der Waals surface area contributed by atoms with Crippen LogP contribution in [0.25, 0.3) is 10.8 Å². The van der Waals surface area contributed by atoms with E-state index in [1.165, 1.54) is 24.3 Å². The zero-order chi connectivity index (χ0) is 38.6. The summed E-state index contributed by atoms with van der Waals surface area (Å²) < 4.78 is 45.0. The van der Waals surface area contributed by atoms with Gasteiger partial charge in [-0.15, -0.1) is 6.58 Å². The monoisotopic (exact) mass is 761 g/mol. The molecule has 1 aromatic heterocycles. The lowest BCUT2D eigenvalue weighted by Crippen LogP contribution is -2.61. The van der Waals surface area contributed by atoms with Gasteiger partial charge in [-0.1, -0.05) is 45.4 Å². The highest BCUT2D eigenvalue weighted by atomic mass is 35.5. The molecule has 4 amide bonds. The van der Waals surface area contributed by atoms with Crippen molar-refractivity contribution in [3.63, 3.8) is 0 Å². The number of methoxy groups -OCH3 is 1. The van der Waals surface area contributed by atoms with E-state index in [4.69, 9.17) is 25.8 Å². The number of amides is 4. The van der Waals surface area contributed by atoms with Gasteiger partial charge in [0.15, 0.2) is 0 Å². The molecule has 16 heteroatoms.